The summed E-state index contributed by atoms with van der Waals surface area (Å²) in [5, 5.41) is 10.6. The fourth-order valence-electron chi connectivity index (χ4n) is 3.52. The summed E-state index contributed by atoms with van der Waals surface area (Å²) >= 11 is 0. The summed E-state index contributed by atoms with van der Waals surface area (Å²) < 4.78 is 5.18. The van der Waals surface area contributed by atoms with Crippen molar-refractivity contribution < 1.29 is 9.53 Å². The van der Waals surface area contributed by atoms with Gasteiger partial charge in [0.1, 0.15) is 18.1 Å². The number of hydrogen-bond acceptors (Lipinski definition) is 5. The van der Waals surface area contributed by atoms with Crippen LogP contribution in [0.5, 0.6) is 5.75 Å². The molecular formula is C20H29N7O2. The number of aromatic amines is 1. The molecule has 156 valence electrons. The van der Waals surface area contributed by atoms with Gasteiger partial charge < -0.3 is 20.7 Å². The standard InChI is InChI=1S/C20H29N7O2/c1-3-22-20(27-10-4-5-14(13-27)11-17(21)28)23-12-18-24-19(26-25-18)15-6-8-16(29-2)9-7-15/h6-9,14H,3-5,10-13H2,1-2H3,(H2,21,28)(H,22,23)(H,24,25,26). The monoisotopic (exact) mass is 399 g/mol. The van der Waals surface area contributed by atoms with Crippen molar-refractivity contribution in [1.29, 1.82) is 0 Å². The number of piperidine rings is 1. The van der Waals surface area contributed by atoms with Crippen LogP contribution in [0, 0.1) is 5.92 Å². The number of likely N-dealkylation sites (tertiary alicyclic amines) is 1. The molecule has 4 N–H and O–H groups in total. The highest BCUT2D eigenvalue weighted by atomic mass is 16.5. The van der Waals surface area contributed by atoms with Crippen LogP contribution in [0.25, 0.3) is 11.4 Å². The lowest BCUT2D eigenvalue weighted by atomic mass is 9.95. The summed E-state index contributed by atoms with van der Waals surface area (Å²) in [7, 11) is 1.64. The fraction of sp³-hybridized carbons (Fsp3) is 0.500. The molecule has 0 aliphatic carbocycles. The number of guanidine groups is 1. The minimum absolute atomic E-state index is 0.244. The Kier molecular flexibility index (Phi) is 7.04. The van der Waals surface area contributed by atoms with E-state index < -0.39 is 0 Å². The summed E-state index contributed by atoms with van der Waals surface area (Å²) in [5.74, 6) is 2.97. The highest BCUT2D eigenvalue weighted by Gasteiger charge is 2.23. The van der Waals surface area contributed by atoms with Crippen molar-refractivity contribution in [3.05, 3.63) is 30.1 Å². The van der Waals surface area contributed by atoms with Crippen LogP contribution in [0.4, 0.5) is 0 Å². The summed E-state index contributed by atoms with van der Waals surface area (Å²) in [6, 6.07) is 7.61. The third kappa shape index (κ3) is 5.69. The van der Waals surface area contributed by atoms with Crippen molar-refractivity contribution in [3.63, 3.8) is 0 Å². The molecular weight excluding hydrogens is 370 g/mol. The molecule has 0 spiro atoms. The smallest absolute Gasteiger partial charge is 0.217 e. The quantitative estimate of drug-likeness (QED) is 0.479. The molecule has 2 aromatic rings. The zero-order chi connectivity index (χ0) is 20.6. The lowest BCUT2D eigenvalue weighted by Gasteiger charge is -2.34. The van der Waals surface area contributed by atoms with Crippen LogP contribution in [0.1, 0.15) is 32.0 Å². The molecule has 0 saturated carbocycles. The second kappa shape index (κ2) is 9.90. The third-order valence-electron chi connectivity index (χ3n) is 4.90. The highest BCUT2D eigenvalue weighted by Crippen LogP contribution is 2.20. The SMILES string of the molecule is CCNC(=NCc1nc(-c2ccc(OC)cc2)n[nH]1)N1CCCC(CC(N)=O)C1. The van der Waals surface area contributed by atoms with Gasteiger partial charge in [-0.05, 0) is 49.9 Å². The molecule has 1 unspecified atom stereocenters. The largest absolute Gasteiger partial charge is 0.497 e. The van der Waals surface area contributed by atoms with Crippen LogP contribution in [-0.2, 0) is 11.3 Å². The first-order valence-corrected chi connectivity index (χ1v) is 9.96. The summed E-state index contributed by atoms with van der Waals surface area (Å²) in [4.78, 5) is 22.7. The molecule has 0 bridgehead atoms. The van der Waals surface area contributed by atoms with E-state index in [-0.39, 0.29) is 11.8 Å². The van der Waals surface area contributed by atoms with Gasteiger partial charge in [-0.1, -0.05) is 0 Å². The average molecular weight is 399 g/mol. The first-order valence-electron chi connectivity index (χ1n) is 9.96. The van der Waals surface area contributed by atoms with Crippen molar-refractivity contribution in [3.8, 4) is 17.1 Å². The normalized spacial score (nSPS) is 17.2. The molecule has 1 aromatic heterocycles. The molecule has 2 heterocycles. The Labute approximate surface area is 170 Å². The number of nitrogens with one attached hydrogen (secondary N) is 2. The number of amides is 1. The number of hydrogen-bond donors (Lipinski definition) is 3. The highest BCUT2D eigenvalue weighted by molar-refractivity contribution is 5.80. The number of rotatable bonds is 7. The van der Waals surface area contributed by atoms with Crippen LogP contribution < -0.4 is 15.8 Å². The van der Waals surface area contributed by atoms with E-state index in [1.165, 1.54) is 0 Å². The van der Waals surface area contributed by atoms with E-state index in [4.69, 9.17) is 15.5 Å². The number of benzene rings is 1. The van der Waals surface area contributed by atoms with Gasteiger partial charge in [0.15, 0.2) is 11.8 Å². The van der Waals surface area contributed by atoms with E-state index >= 15 is 0 Å². The number of aliphatic imine (C=N–C) groups is 1. The van der Waals surface area contributed by atoms with Crippen molar-refractivity contribution in [2.24, 2.45) is 16.6 Å². The van der Waals surface area contributed by atoms with E-state index in [0.29, 0.717) is 24.6 Å². The number of nitrogens with zero attached hydrogens (tertiary/aromatic N) is 4. The number of H-pyrrole nitrogens is 1. The predicted molar refractivity (Wildman–Crippen MR) is 111 cm³/mol. The van der Waals surface area contributed by atoms with Gasteiger partial charge in [0.25, 0.3) is 0 Å². The molecule has 29 heavy (non-hydrogen) atoms. The van der Waals surface area contributed by atoms with E-state index in [1.807, 2.05) is 31.2 Å². The Morgan fingerprint density at radius 3 is 2.90 bits per heavy atom. The van der Waals surface area contributed by atoms with Crippen LogP contribution >= 0.6 is 0 Å². The fourth-order valence-corrected chi connectivity index (χ4v) is 3.52. The van der Waals surface area contributed by atoms with Crippen LogP contribution in [0.15, 0.2) is 29.3 Å². The number of nitrogens with two attached hydrogens (primary N) is 1. The number of carbonyl (C=O) groups excluding carboxylic acids is 1. The van der Waals surface area contributed by atoms with Gasteiger partial charge in [0.2, 0.25) is 5.91 Å². The third-order valence-corrected chi connectivity index (χ3v) is 4.90. The topological polar surface area (TPSA) is 122 Å². The molecule has 1 atom stereocenters. The first-order chi connectivity index (χ1) is 14.1. The molecule has 9 heteroatoms. The van der Waals surface area contributed by atoms with Crippen molar-refractivity contribution in [1.82, 2.24) is 25.4 Å². The van der Waals surface area contributed by atoms with Gasteiger partial charge in [-0.2, -0.15) is 5.10 Å². The summed E-state index contributed by atoms with van der Waals surface area (Å²) in [5.41, 5.74) is 6.29. The Morgan fingerprint density at radius 1 is 1.41 bits per heavy atom. The number of ether oxygens (including phenoxy) is 1. The van der Waals surface area contributed by atoms with Gasteiger partial charge in [0, 0.05) is 31.6 Å². The number of primary amides is 1. The molecule has 1 amide bonds. The Hall–Kier alpha value is -3.10. The van der Waals surface area contributed by atoms with Gasteiger partial charge in [-0.15, -0.1) is 0 Å². The zero-order valence-electron chi connectivity index (χ0n) is 17.0. The van der Waals surface area contributed by atoms with Gasteiger partial charge in [0.05, 0.1) is 7.11 Å². The molecule has 1 aromatic carbocycles. The maximum Gasteiger partial charge on any atom is 0.217 e. The maximum atomic E-state index is 11.3. The Balaban J connectivity index is 1.67. The lowest BCUT2D eigenvalue weighted by molar-refractivity contribution is -0.119. The van der Waals surface area contributed by atoms with E-state index in [2.05, 4.69) is 25.4 Å². The first kappa shape index (κ1) is 20.6. The van der Waals surface area contributed by atoms with Gasteiger partial charge in [-0.3, -0.25) is 9.89 Å². The Morgan fingerprint density at radius 2 is 2.21 bits per heavy atom. The second-order valence-electron chi connectivity index (χ2n) is 7.13. The van der Waals surface area contributed by atoms with Crippen LogP contribution in [0.3, 0.4) is 0 Å². The van der Waals surface area contributed by atoms with Crippen LogP contribution in [-0.4, -0.2) is 58.7 Å². The molecule has 3 rings (SSSR count). The second-order valence-corrected chi connectivity index (χ2v) is 7.13. The minimum Gasteiger partial charge on any atom is -0.497 e. The molecule has 1 fully saturated rings. The molecule has 1 saturated heterocycles. The number of methoxy groups -OCH3 is 1. The molecule has 9 nitrogen and oxygen atoms in total. The maximum absolute atomic E-state index is 11.3. The van der Waals surface area contributed by atoms with Crippen molar-refractivity contribution in [2.45, 2.75) is 32.7 Å². The van der Waals surface area contributed by atoms with Crippen molar-refractivity contribution >= 4 is 11.9 Å². The molecule has 1 aliphatic rings. The van der Waals surface area contributed by atoms with E-state index in [9.17, 15) is 4.79 Å². The van der Waals surface area contributed by atoms with Gasteiger partial charge >= 0.3 is 0 Å². The van der Waals surface area contributed by atoms with E-state index in [1.54, 1.807) is 7.11 Å². The predicted octanol–water partition coefficient (Wildman–Crippen LogP) is 1.53. The van der Waals surface area contributed by atoms with E-state index in [0.717, 1.165) is 49.7 Å². The lowest BCUT2D eigenvalue weighted by Crippen LogP contribution is -2.47. The average Bonchev–Trinajstić information content (AvgIpc) is 3.20. The van der Waals surface area contributed by atoms with Crippen molar-refractivity contribution in [2.75, 3.05) is 26.7 Å². The Bertz CT molecular complexity index is 832. The molecule has 0 radical (unpaired) electrons. The van der Waals surface area contributed by atoms with Crippen LogP contribution in [0.2, 0.25) is 0 Å². The zero-order valence-corrected chi connectivity index (χ0v) is 17.0. The minimum atomic E-state index is -0.244. The van der Waals surface area contributed by atoms with Gasteiger partial charge in [-0.25, -0.2) is 9.98 Å². The number of aromatic nitrogens is 3. The molecule has 1 aliphatic heterocycles. The summed E-state index contributed by atoms with van der Waals surface area (Å²) in [6.45, 7) is 4.89. The summed E-state index contributed by atoms with van der Waals surface area (Å²) in [6.07, 6.45) is 2.46. The number of carbonyl (C=O) groups is 1.